The SMILES string of the molecule is CCCNC(=O)C(C)N(Cc1ccc(Cl)c(Cl)c1)C(=O)CN1C(=O)c2cccc3cccc1c23. The molecule has 176 valence electrons. The second-order valence-electron chi connectivity index (χ2n) is 8.31. The third-order valence-electron chi connectivity index (χ3n) is 6.00. The molecule has 3 aromatic carbocycles. The smallest absolute Gasteiger partial charge is 0.259 e. The molecular weight excluding hydrogens is 473 g/mol. The second-order valence-corrected chi connectivity index (χ2v) is 9.12. The Labute approximate surface area is 208 Å². The van der Waals surface area contributed by atoms with E-state index in [9.17, 15) is 14.4 Å². The molecule has 0 aliphatic carbocycles. The van der Waals surface area contributed by atoms with Crippen LogP contribution in [-0.2, 0) is 16.1 Å². The van der Waals surface area contributed by atoms with Crippen molar-refractivity contribution in [1.82, 2.24) is 10.2 Å². The van der Waals surface area contributed by atoms with E-state index < -0.39 is 6.04 Å². The summed E-state index contributed by atoms with van der Waals surface area (Å²) in [6.07, 6.45) is 0.781. The summed E-state index contributed by atoms with van der Waals surface area (Å²) in [5.41, 5.74) is 2.01. The molecule has 1 heterocycles. The van der Waals surface area contributed by atoms with E-state index in [4.69, 9.17) is 23.2 Å². The molecule has 1 unspecified atom stereocenters. The zero-order chi connectivity index (χ0) is 24.4. The number of carbonyl (C=O) groups is 3. The van der Waals surface area contributed by atoms with E-state index in [1.165, 1.54) is 9.80 Å². The van der Waals surface area contributed by atoms with E-state index in [-0.39, 0.29) is 30.8 Å². The Morgan fingerprint density at radius 1 is 1.06 bits per heavy atom. The maximum Gasteiger partial charge on any atom is 0.259 e. The van der Waals surface area contributed by atoms with Crippen LogP contribution in [0.3, 0.4) is 0 Å². The highest BCUT2D eigenvalue weighted by Gasteiger charge is 2.34. The van der Waals surface area contributed by atoms with Gasteiger partial charge < -0.3 is 10.2 Å². The molecule has 1 N–H and O–H groups in total. The van der Waals surface area contributed by atoms with E-state index in [0.29, 0.717) is 27.8 Å². The van der Waals surface area contributed by atoms with E-state index in [2.05, 4.69) is 5.32 Å². The number of anilines is 1. The first-order valence-electron chi connectivity index (χ1n) is 11.2. The first-order valence-corrected chi connectivity index (χ1v) is 11.9. The second kappa shape index (κ2) is 10.0. The topological polar surface area (TPSA) is 69.7 Å². The lowest BCUT2D eigenvalue weighted by atomic mass is 10.1. The minimum atomic E-state index is -0.746. The fourth-order valence-electron chi connectivity index (χ4n) is 4.18. The van der Waals surface area contributed by atoms with Gasteiger partial charge in [-0.15, -0.1) is 0 Å². The number of hydrogen-bond donors (Lipinski definition) is 1. The molecule has 0 aromatic heterocycles. The molecule has 0 saturated carbocycles. The third kappa shape index (κ3) is 4.61. The van der Waals surface area contributed by atoms with Crippen molar-refractivity contribution in [2.45, 2.75) is 32.9 Å². The molecule has 3 aromatic rings. The lowest BCUT2D eigenvalue weighted by Crippen LogP contribution is -2.51. The van der Waals surface area contributed by atoms with Gasteiger partial charge >= 0.3 is 0 Å². The molecule has 0 radical (unpaired) electrons. The van der Waals surface area contributed by atoms with Gasteiger partial charge in [0.05, 0.1) is 15.7 Å². The Balaban J connectivity index is 1.62. The number of halogens is 2. The minimum Gasteiger partial charge on any atom is -0.354 e. The molecule has 3 amide bonds. The number of nitrogens with one attached hydrogen (secondary N) is 1. The monoisotopic (exact) mass is 497 g/mol. The van der Waals surface area contributed by atoms with Gasteiger partial charge in [-0.3, -0.25) is 19.3 Å². The van der Waals surface area contributed by atoms with Gasteiger partial charge in [-0.1, -0.05) is 60.5 Å². The Morgan fingerprint density at radius 3 is 2.50 bits per heavy atom. The lowest BCUT2D eigenvalue weighted by Gasteiger charge is -2.30. The molecular formula is C26H25Cl2N3O3. The maximum atomic E-state index is 13.6. The van der Waals surface area contributed by atoms with Crippen LogP contribution in [0.15, 0.2) is 54.6 Å². The first-order chi connectivity index (χ1) is 16.3. The van der Waals surface area contributed by atoms with Crippen LogP contribution in [-0.4, -0.2) is 41.8 Å². The molecule has 1 aliphatic heterocycles. The molecule has 0 bridgehead atoms. The van der Waals surface area contributed by atoms with Gasteiger partial charge in [-0.25, -0.2) is 0 Å². The van der Waals surface area contributed by atoms with Crippen molar-refractivity contribution in [3.63, 3.8) is 0 Å². The van der Waals surface area contributed by atoms with E-state index in [1.54, 1.807) is 31.2 Å². The highest BCUT2D eigenvalue weighted by molar-refractivity contribution is 6.42. The predicted octanol–water partition coefficient (Wildman–Crippen LogP) is 5.05. The van der Waals surface area contributed by atoms with Crippen LogP contribution in [0.4, 0.5) is 5.69 Å². The van der Waals surface area contributed by atoms with E-state index in [1.807, 2.05) is 37.3 Å². The Kier molecular flexibility index (Phi) is 7.10. The van der Waals surface area contributed by atoms with Crippen molar-refractivity contribution < 1.29 is 14.4 Å². The van der Waals surface area contributed by atoms with Crippen molar-refractivity contribution in [3.05, 3.63) is 75.8 Å². The van der Waals surface area contributed by atoms with Crippen molar-refractivity contribution in [2.24, 2.45) is 0 Å². The highest BCUT2D eigenvalue weighted by Crippen LogP contribution is 2.37. The molecule has 6 nitrogen and oxygen atoms in total. The number of carbonyl (C=O) groups excluding carboxylic acids is 3. The summed E-state index contributed by atoms with van der Waals surface area (Å²) in [5.74, 6) is -0.825. The van der Waals surface area contributed by atoms with Crippen LogP contribution in [0.5, 0.6) is 0 Å². The molecule has 4 rings (SSSR count). The Morgan fingerprint density at radius 2 is 1.79 bits per heavy atom. The number of rotatable bonds is 8. The summed E-state index contributed by atoms with van der Waals surface area (Å²) in [4.78, 5) is 42.5. The zero-order valence-corrected chi connectivity index (χ0v) is 20.5. The maximum absolute atomic E-state index is 13.6. The molecule has 1 atom stereocenters. The molecule has 0 saturated heterocycles. The number of hydrogen-bond acceptors (Lipinski definition) is 3. The normalized spacial score (nSPS) is 13.3. The zero-order valence-electron chi connectivity index (χ0n) is 19.0. The number of amides is 3. The summed E-state index contributed by atoms with van der Waals surface area (Å²) in [6.45, 7) is 4.12. The molecule has 0 fully saturated rings. The molecule has 8 heteroatoms. The van der Waals surface area contributed by atoms with Gasteiger partial charge in [0, 0.05) is 24.0 Å². The predicted molar refractivity (Wildman–Crippen MR) is 135 cm³/mol. The van der Waals surface area contributed by atoms with Gasteiger partial charge in [0.15, 0.2) is 0 Å². The van der Waals surface area contributed by atoms with Crippen LogP contribution in [0, 0.1) is 0 Å². The lowest BCUT2D eigenvalue weighted by molar-refractivity contribution is -0.139. The Hall–Kier alpha value is -3.09. The molecule has 1 aliphatic rings. The van der Waals surface area contributed by atoms with Crippen molar-refractivity contribution in [2.75, 3.05) is 18.0 Å². The van der Waals surface area contributed by atoms with Crippen LogP contribution < -0.4 is 10.2 Å². The van der Waals surface area contributed by atoms with Crippen LogP contribution >= 0.6 is 23.2 Å². The van der Waals surface area contributed by atoms with Gasteiger partial charge in [-0.05, 0) is 48.6 Å². The average molecular weight is 498 g/mol. The van der Waals surface area contributed by atoms with Crippen LogP contribution in [0.1, 0.15) is 36.2 Å². The minimum absolute atomic E-state index is 0.148. The largest absolute Gasteiger partial charge is 0.354 e. The fraction of sp³-hybridized carbons (Fsp3) is 0.269. The van der Waals surface area contributed by atoms with Gasteiger partial charge in [0.2, 0.25) is 11.8 Å². The summed E-state index contributed by atoms with van der Waals surface area (Å²) in [7, 11) is 0. The van der Waals surface area contributed by atoms with Crippen LogP contribution in [0.2, 0.25) is 10.0 Å². The van der Waals surface area contributed by atoms with E-state index >= 15 is 0 Å². The highest BCUT2D eigenvalue weighted by atomic mass is 35.5. The average Bonchev–Trinajstić information content (AvgIpc) is 3.10. The standard InChI is InChI=1S/C26H25Cl2N3O3/c1-3-12-29-25(33)16(2)30(14-17-10-11-20(27)21(28)13-17)23(32)15-31-22-9-5-7-18-6-4-8-19(24(18)22)26(31)34/h4-11,13,16H,3,12,14-15H2,1-2H3,(H,29,33). The number of nitrogens with zero attached hydrogens (tertiary/aromatic N) is 2. The summed E-state index contributed by atoms with van der Waals surface area (Å²) in [6, 6.07) is 15.6. The van der Waals surface area contributed by atoms with Gasteiger partial charge in [0.25, 0.3) is 5.91 Å². The van der Waals surface area contributed by atoms with Crippen molar-refractivity contribution in [1.29, 1.82) is 0 Å². The fourth-order valence-corrected chi connectivity index (χ4v) is 4.50. The van der Waals surface area contributed by atoms with Gasteiger partial charge in [0.1, 0.15) is 12.6 Å². The van der Waals surface area contributed by atoms with Crippen molar-refractivity contribution in [3.8, 4) is 0 Å². The summed E-state index contributed by atoms with van der Waals surface area (Å²) >= 11 is 12.2. The summed E-state index contributed by atoms with van der Waals surface area (Å²) < 4.78 is 0. The van der Waals surface area contributed by atoms with E-state index in [0.717, 1.165) is 22.8 Å². The third-order valence-corrected chi connectivity index (χ3v) is 6.73. The quantitative estimate of drug-likeness (QED) is 0.473. The number of benzene rings is 3. The van der Waals surface area contributed by atoms with Crippen LogP contribution in [0.25, 0.3) is 10.8 Å². The summed E-state index contributed by atoms with van der Waals surface area (Å²) in [5, 5.41) is 5.40. The Bertz CT molecular complexity index is 1270. The van der Waals surface area contributed by atoms with Gasteiger partial charge in [-0.2, -0.15) is 0 Å². The molecule has 0 spiro atoms. The van der Waals surface area contributed by atoms with Crippen molar-refractivity contribution >= 4 is 57.4 Å². The first kappa shape index (κ1) is 24.0. The molecule has 34 heavy (non-hydrogen) atoms.